The molecule has 0 saturated heterocycles. The summed E-state index contributed by atoms with van der Waals surface area (Å²) >= 11 is 0. The van der Waals surface area contributed by atoms with Crippen molar-refractivity contribution >= 4 is 5.78 Å². The maximum absolute atomic E-state index is 12.5. The van der Waals surface area contributed by atoms with Gasteiger partial charge in [-0.3, -0.25) is 4.79 Å². The molecule has 0 aliphatic heterocycles. The van der Waals surface area contributed by atoms with E-state index >= 15 is 0 Å². The Labute approximate surface area is 186 Å². The van der Waals surface area contributed by atoms with Crippen molar-refractivity contribution in [3.8, 4) is 0 Å². The van der Waals surface area contributed by atoms with E-state index < -0.39 is 0 Å². The predicted molar refractivity (Wildman–Crippen MR) is 127 cm³/mol. The van der Waals surface area contributed by atoms with Gasteiger partial charge in [0.15, 0.2) is 5.78 Å². The summed E-state index contributed by atoms with van der Waals surface area (Å²) in [5, 5.41) is 0. The highest BCUT2D eigenvalue weighted by atomic mass is 16.1. The van der Waals surface area contributed by atoms with Crippen LogP contribution in [0.25, 0.3) is 0 Å². The molecular weight excluding hydrogens is 364 g/mol. The van der Waals surface area contributed by atoms with Gasteiger partial charge in [0.1, 0.15) is 0 Å². The minimum atomic E-state index is 0.163. The Morgan fingerprint density at radius 1 is 1.03 bits per heavy atom. The zero-order valence-electron chi connectivity index (χ0n) is 20.7. The van der Waals surface area contributed by atoms with Crippen molar-refractivity contribution in [2.24, 2.45) is 58.2 Å². The van der Waals surface area contributed by atoms with Gasteiger partial charge in [-0.1, -0.05) is 79.9 Å². The average molecular weight is 411 g/mol. The van der Waals surface area contributed by atoms with E-state index in [9.17, 15) is 4.79 Å². The largest absolute Gasteiger partial charge is 0.295 e. The van der Waals surface area contributed by atoms with Crippen LogP contribution >= 0.6 is 0 Å². The van der Waals surface area contributed by atoms with E-state index in [4.69, 9.17) is 0 Å². The van der Waals surface area contributed by atoms with Crippen LogP contribution in [-0.2, 0) is 4.79 Å². The van der Waals surface area contributed by atoms with Gasteiger partial charge in [-0.25, -0.2) is 0 Å². The molecule has 1 nitrogen and oxygen atoms in total. The zero-order chi connectivity index (χ0) is 21.8. The lowest BCUT2D eigenvalue weighted by Gasteiger charge is -2.59. The number of carbonyl (C=O) groups excluding carboxylic acids is 1. The number of hydrogen-bond acceptors (Lipinski definition) is 1. The molecule has 0 bridgehead atoms. The van der Waals surface area contributed by atoms with Gasteiger partial charge in [-0.05, 0) is 89.6 Å². The minimum absolute atomic E-state index is 0.163. The molecule has 9 atom stereocenters. The molecule has 168 valence electrons. The van der Waals surface area contributed by atoms with Crippen LogP contribution in [0.2, 0.25) is 0 Å². The molecule has 0 radical (unpaired) electrons. The molecule has 0 spiro atoms. The first-order valence-electron chi connectivity index (χ1n) is 13.0. The molecule has 30 heavy (non-hydrogen) atoms. The molecule has 4 aliphatic rings. The van der Waals surface area contributed by atoms with Crippen molar-refractivity contribution in [3.05, 3.63) is 23.8 Å². The van der Waals surface area contributed by atoms with Gasteiger partial charge in [-0.15, -0.1) is 0 Å². The molecule has 0 aromatic carbocycles. The van der Waals surface area contributed by atoms with Crippen LogP contribution < -0.4 is 0 Å². The highest BCUT2D eigenvalue weighted by Gasteiger charge is 2.60. The van der Waals surface area contributed by atoms with E-state index in [2.05, 4.69) is 60.6 Å². The first kappa shape index (κ1) is 22.3. The van der Waals surface area contributed by atoms with Gasteiger partial charge >= 0.3 is 0 Å². The summed E-state index contributed by atoms with van der Waals surface area (Å²) in [5.41, 5.74) is 2.02. The summed E-state index contributed by atoms with van der Waals surface area (Å²) in [4.78, 5) is 12.5. The second-order valence-electron chi connectivity index (χ2n) is 12.5. The average Bonchev–Trinajstić information content (AvgIpc) is 3.04. The van der Waals surface area contributed by atoms with Crippen LogP contribution in [0.3, 0.4) is 0 Å². The topological polar surface area (TPSA) is 17.1 Å². The number of ketones is 1. The van der Waals surface area contributed by atoms with Crippen LogP contribution in [0, 0.1) is 58.2 Å². The molecule has 2 fully saturated rings. The number of fused-ring (bicyclic) bond motifs is 5. The summed E-state index contributed by atoms with van der Waals surface area (Å²) in [6.07, 6.45) is 16.7. The van der Waals surface area contributed by atoms with Crippen molar-refractivity contribution in [2.45, 2.75) is 93.4 Å². The maximum Gasteiger partial charge on any atom is 0.159 e. The van der Waals surface area contributed by atoms with E-state index in [-0.39, 0.29) is 11.3 Å². The SMILES string of the molecule is CC(C)CCC[C@@H](C)[C@H]1CC[C@H]2[C@@H]3C=CC4=CC(=O)C(C)C(C)[C@]4(C)[C@H]3CC[C@]12C. The molecule has 4 rings (SSSR count). The lowest BCUT2D eigenvalue weighted by molar-refractivity contribution is -0.124. The standard InChI is InChI=1S/C29H46O/c1-18(2)9-8-10-19(3)24-13-14-25-23-12-11-22-17-27(30)20(4)21(5)29(22,7)26(23)15-16-28(24,25)6/h11-12,17-21,23-26H,8-10,13-16H2,1-7H3/t19-,20?,21?,23+,24-,25+,26+,28-,29+/m1/s1. The Balaban J connectivity index is 1.57. The predicted octanol–water partition coefficient (Wildman–Crippen LogP) is 7.86. The summed E-state index contributed by atoms with van der Waals surface area (Å²) in [7, 11) is 0. The summed E-state index contributed by atoms with van der Waals surface area (Å²) in [6.45, 7) is 16.9. The Hall–Kier alpha value is -0.850. The Morgan fingerprint density at radius 2 is 1.77 bits per heavy atom. The van der Waals surface area contributed by atoms with Crippen LogP contribution in [-0.4, -0.2) is 5.78 Å². The van der Waals surface area contributed by atoms with Gasteiger partial charge in [0.25, 0.3) is 0 Å². The van der Waals surface area contributed by atoms with E-state index in [0.717, 1.165) is 23.7 Å². The third kappa shape index (κ3) is 3.29. The second-order valence-corrected chi connectivity index (χ2v) is 12.5. The summed E-state index contributed by atoms with van der Waals surface area (Å²) < 4.78 is 0. The number of allylic oxidation sites excluding steroid dienone is 4. The molecule has 1 heteroatoms. The number of rotatable bonds is 5. The maximum atomic E-state index is 12.5. The monoisotopic (exact) mass is 410 g/mol. The van der Waals surface area contributed by atoms with Crippen molar-refractivity contribution < 1.29 is 4.79 Å². The van der Waals surface area contributed by atoms with Gasteiger partial charge in [0, 0.05) is 5.92 Å². The van der Waals surface area contributed by atoms with E-state index in [1.54, 1.807) is 0 Å². The fraction of sp³-hybridized carbons (Fsp3) is 0.828. The van der Waals surface area contributed by atoms with Crippen LogP contribution in [0.15, 0.2) is 23.8 Å². The molecular formula is C29H46O. The van der Waals surface area contributed by atoms with Gasteiger partial charge in [-0.2, -0.15) is 0 Å². The van der Waals surface area contributed by atoms with E-state index in [1.807, 2.05) is 6.08 Å². The molecule has 2 unspecified atom stereocenters. The summed E-state index contributed by atoms with van der Waals surface area (Å²) in [6, 6.07) is 0. The summed E-state index contributed by atoms with van der Waals surface area (Å²) in [5.74, 6) is 5.81. The van der Waals surface area contributed by atoms with Crippen LogP contribution in [0.1, 0.15) is 93.4 Å². The first-order valence-corrected chi connectivity index (χ1v) is 13.0. The highest BCUT2D eigenvalue weighted by Crippen LogP contribution is 2.67. The lowest BCUT2D eigenvalue weighted by Crippen LogP contribution is -2.53. The van der Waals surface area contributed by atoms with Crippen LogP contribution in [0.5, 0.6) is 0 Å². The molecule has 0 amide bonds. The molecule has 0 aromatic heterocycles. The number of hydrogen-bond donors (Lipinski definition) is 0. The smallest absolute Gasteiger partial charge is 0.159 e. The third-order valence-corrected chi connectivity index (χ3v) is 10.9. The van der Waals surface area contributed by atoms with Crippen LogP contribution in [0.4, 0.5) is 0 Å². The van der Waals surface area contributed by atoms with Crippen molar-refractivity contribution in [2.75, 3.05) is 0 Å². The third-order valence-electron chi connectivity index (χ3n) is 10.9. The first-order chi connectivity index (χ1) is 14.1. The number of carbonyl (C=O) groups is 1. The van der Waals surface area contributed by atoms with Crippen molar-refractivity contribution in [3.63, 3.8) is 0 Å². The quantitative estimate of drug-likeness (QED) is 0.450. The van der Waals surface area contributed by atoms with E-state index in [0.29, 0.717) is 29.0 Å². The van der Waals surface area contributed by atoms with Crippen molar-refractivity contribution in [1.82, 2.24) is 0 Å². The molecule has 0 N–H and O–H groups in total. The second kappa shape index (κ2) is 7.93. The molecule has 0 heterocycles. The molecule has 0 aromatic rings. The normalized spacial score (nSPS) is 46.3. The Bertz CT molecular complexity index is 729. The molecule has 4 aliphatic carbocycles. The highest BCUT2D eigenvalue weighted by molar-refractivity contribution is 5.94. The zero-order valence-corrected chi connectivity index (χ0v) is 20.7. The fourth-order valence-corrected chi connectivity index (χ4v) is 8.65. The minimum Gasteiger partial charge on any atom is -0.295 e. The lowest BCUT2D eigenvalue weighted by atomic mass is 9.45. The van der Waals surface area contributed by atoms with Crippen molar-refractivity contribution in [1.29, 1.82) is 0 Å². The van der Waals surface area contributed by atoms with Gasteiger partial charge in [0.2, 0.25) is 0 Å². The van der Waals surface area contributed by atoms with Gasteiger partial charge < -0.3 is 0 Å². The van der Waals surface area contributed by atoms with E-state index in [1.165, 1.54) is 50.5 Å². The van der Waals surface area contributed by atoms with Gasteiger partial charge in [0.05, 0.1) is 0 Å². The molecule has 2 saturated carbocycles. The fourth-order valence-electron chi connectivity index (χ4n) is 8.65. The Morgan fingerprint density at radius 3 is 2.47 bits per heavy atom. The Kier molecular flexibility index (Phi) is 5.91.